The lowest BCUT2D eigenvalue weighted by molar-refractivity contribution is 0.145. The second kappa shape index (κ2) is 6.06. The van der Waals surface area contributed by atoms with Gasteiger partial charge in [-0.05, 0) is 36.2 Å². The summed E-state index contributed by atoms with van der Waals surface area (Å²) in [6.45, 7) is 2.41. The van der Waals surface area contributed by atoms with Gasteiger partial charge in [0.05, 0.1) is 0 Å². The fourth-order valence-corrected chi connectivity index (χ4v) is 2.82. The second-order valence-corrected chi connectivity index (χ2v) is 5.83. The van der Waals surface area contributed by atoms with Crippen LogP contribution in [0.4, 0.5) is 4.39 Å². The van der Waals surface area contributed by atoms with Crippen LogP contribution in [0.5, 0.6) is 11.5 Å². The van der Waals surface area contributed by atoms with E-state index in [2.05, 4.69) is 28.9 Å². The Labute approximate surface area is 132 Å². The third-order valence-electron chi connectivity index (χ3n) is 3.53. The molecule has 0 N–H and O–H groups in total. The van der Waals surface area contributed by atoms with Crippen LogP contribution in [0.1, 0.15) is 16.7 Å². The highest BCUT2D eigenvalue weighted by Gasteiger charge is 2.23. The molecule has 1 heterocycles. The Kier molecular flexibility index (Phi) is 4.15. The molecule has 2 nitrogen and oxygen atoms in total. The summed E-state index contributed by atoms with van der Waals surface area (Å²) in [6.07, 6.45) is 0.745. The van der Waals surface area contributed by atoms with Gasteiger partial charge in [-0.15, -0.1) is 0 Å². The molecule has 0 saturated carbocycles. The average Bonchev–Trinajstić information content (AvgIpc) is 2.87. The van der Waals surface area contributed by atoms with Crippen LogP contribution < -0.4 is 9.47 Å². The first-order valence-electron chi connectivity index (χ1n) is 6.89. The van der Waals surface area contributed by atoms with Crippen LogP contribution in [0.25, 0.3) is 0 Å². The molecule has 1 unspecified atom stereocenters. The molecule has 110 valence electrons. The number of hydrogen-bond donors (Lipinski definition) is 0. The normalized spacial score (nSPS) is 16.4. The Hall–Kier alpha value is -1.55. The molecule has 2 aromatic rings. The topological polar surface area (TPSA) is 18.5 Å². The highest BCUT2D eigenvalue weighted by Crippen LogP contribution is 2.30. The predicted octanol–water partition coefficient (Wildman–Crippen LogP) is 4.41. The molecule has 1 aliphatic heterocycles. The quantitative estimate of drug-likeness (QED) is 0.760. The van der Waals surface area contributed by atoms with Crippen LogP contribution in [0.3, 0.4) is 0 Å². The maximum absolute atomic E-state index is 13.8. The van der Waals surface area contributed by atoms with Crippen LogP contribution in [0, 0.1) is 12.7 Å². The summed E-state index contributed by atoms with van der Waals surface area (Å²) in [6, 6.07) is 11.1. The van der Waals surface area contributed by atoms with Crippen LogP contribution in [0.15, 0.2) is 36.4 Å². The maximum atomic E-state index is 13.8. The lowest BCUT2D eigenvalue weighted by atomic mass is 10.1. The van der Waals surface area contributed by atoms with Crippen LogP contribution >= 0.6 is 15.9 Å². The molecule has 1 aliphatic rings. The summed E-state index contributed by atoms with van der Waals surface area (Å²) in [7, 11) is 0. The molecule has 0 bridgehead atoms. The van der Waals surface area contributed by atoms with Crippen LogP contribution in [-0.4, -0.2) is 12.7 Å². The maximum Gasteiger partial charge on any atom is 0.165 e. The van der Waals surface area contributed by atoms with Crippen molar-refractivity contribution >= 4 is 15.9 Å². The summed E-state index contributed by atoms with van der Waals surface area (Å²) in [4.78, 5) is 0. The first kappa shape index (κ1) is 14.4. The van der Waals surface area contributed by atoms with Gasteiger partial charge in [0, 0.05) is 11.8 Å². The molecule has 3 rings (SSSR count). The molecular formula is C17H16BrFO2. The van der Waals surface area contributed by atoms with Crippen LogP contribution in [-0.2, 0) is 11.8 Å². The van der Waals surface area contributed by atoms with Crippen molar-refractivity contribution in [2.24, 2.45) is 0 Å². The van der Waals surface area contributed by atoms with Gasteiger partial charge in [0.2, 0.25) is 0 Å². The minimum atomic E-state index is -0.335. The van der Waals surface area contributed by atoms with E-state index in [0.29, 0.717) is 11.9 Å². The Morgan fingerprint density at radius 3 is 2.90 bits per heavy atom. The molecule has 21 heavy (non-hydrogen) atoms. The zero-order chi connectivity index (χ0) is 14.8. The predicted molar refractivity (Wildman–Crippen MR) is 83.8 cm³/mol. The number of aryl methyl sites for hydroxylation is 1. The van der Waals surface area contributed by atoms with Crippen molar-refractivity contribution in [1.29, 1.82) is 0 Å². The number of ether oxygens (including phenoxy) is 2. The van der Waals surface area contributed by atoms with Gasteiger partial charge in [0.15, 0.2) is 11.6 Å². The lowest BCUT2D eigenvalue weighted by Crippen LogP contribution is -2.22. The Morgan fingerprint density at radius 2 is 2.14 bits per heavy atom. The zero-order valence-corrected chi connectivity index (χ0v) is 13.3. The van der Waals surface area contributed by atoms with Gasteiger partial charge in [-0.2, -0.15) is 0 Å². The molecule has 4 heteroatoms. The third-order valence-corrected chi connectivity index (χ3v) is 4.18. The summed E-state index contributed by atoms with van der Waals surface area (Å²) < 4.78 is 25.2. The van der Waals surface area contributed by atoms with Crippen molar-refractivity contribution in [3.05, 3.63) is 58.9 Å². The number of halogens is 2. The van der Waals surface area contributed by atoms with Crippen molar-refractivity contribution in [3.8, 4) is 11.5 Å². The standard InChI is InChI=1S/C17H16BrFO2/c1-11-2-4-16-13(6-11)8-14(21-16)10-20-17-5-3-12(9-18)7-15(17)19/h2-7,14H,8-10H2,1H3. The summed E-state index contributed by atoms with van der Waals surface area (Å²) >= 11 is 3.30. The first-order chi connectivity index (χ1) is 10.2. The molecular weight excluding hydrogens is 335 g/mol. The third kappa shape index (κ3) is 3.21. The minimum absolute atomic E-state index is 0.0583. The van der Waals surface area contributed by atoms with Gasteiger partial charge in [0.25, 0.3) is 0 Å². The van der Waals surface area contributed by atoms with Gasteiger partial charge in [-0.3, -0.25) is 0 Å². The summed E-state index contributed by atoms with van der Waals surface area (Å²) in [5.74, 6) is 0.845. The minimum Gasteiger partial charge on any atom is -0.487 e. The monoisotopic (exact) mass is 350 g/mol. The smallest absolute Gasteiger partial charge is 0.165 e. The van der Waals surface area contributed by atoms with E-state index < -0.39 is 0 Å². The van der Waals surface area contributed by atoms with Crippen molar-refractivity contribution < 1.29 is 13.9 Å². The molecule has 0 spiro atoms. The van der Waals surface area contributed by atoms with Gasteiger partial charge in [-0.1, -0.05) is 39.7 Å². The zero-order valence-electron chi connectivity index (χ0n) is 11.7. The molecule has 0 amide bonds. The molecule has 1 atom stereocenters. The lowest BCUT2D eigenvalue weighted by Gasteiger charge is -2.13. The van der Waals surface area contributed by atoms with Gasteiger partial charge < -0.3 is 9.47 Å². The number of benzene rings is 2. The van der Waals surface area contributed by atoms with E-state index >= 15 is 0 Å². The highest BCUT2D eigenvalue weighted by molar-refractivity contribution is 9.08. The Bertz CT molecular complexity index is 657. The van der Waals surface area contributed by atoms with Crippen LogP contribution in [0.2, 0.25) is 0 Å². The number of alkyl halides is 1. The van der Waals surface area contributed by atoms with Crippen molar-refractivity contribution in [3.63, 3.8) is 0 Å². The van der Waals surface area contributed by atoms with E-state index in [9.17, 15) is 4.39 Å². The van der Waals surface area contributed by atoms with Gasteiger partial charge in [0.1, 0.15) is 18.5 Å². The number of rotatable bonds is 4. The van der Waals surface area contributed by atoms with Crippen molar-refractivity contribution in [2.75, 3.05) is 6.61 Å². The van der Waals surface area contributed by atoms with E-state index in [1.165, 1.54) is 17.2 Å². The molecule has 0 saturated heterocycles. The summed E-state index contributed by atoms with van der Waals surface area (Å²) in [5.41, 5.74) is 3.30. The SMILES string of the molecule is Cc1ccc2c(c1)CC(COc1ccc(CBr)cc1F)O2. The summed E-state index contributed by atoms with van der Waals surface area (Å²) in [5, 5.41) is 0.630. The van der Waals surface area contributed by atoms with Gasteiger partial charge in [-0.25, -0.2) is 4.39 Å². The van der Waals surface area contributed by atoms with E-state index in [4.69, 9.17) is 9.47 Å². The van der Waals surface area contributed by atoms with Gasteiger partial charge >= 0.3 is 0 Å². The Morgan fingerprint density at radius 1 is 1.29 bits per heavy atom. The van der Waals surface area contributed by atoms with E-state index in [0.717, 1.165) is 17.7 Å². The molecule has 0 aliphatic carbocycles. The van der Waals surface area contributed by atoms with E-state index in [-0.39, 0.29) is 17.7 Å². The average molecular weight is 351 g/mol. The highest BCUT2D eigenvalue weighted by atomic mass is 79.9. The fraction of sp³-hybridized carbons (Fsp3) is 0.294. The van der Waals surface area contributed by atoms with Crippen molar-refractivity contribution in [2.45, 2.75) is 24.8 Å². The first-order valence-corrected chi connectivity index (χ1v) is 8.01. The Balaban J connectivity index is 1.62. The second-order valence-electron chi connectivity index (χ2n) is 5.26. The van der Waals surface area contributed by atoms with Crippen molar-refractivity contribution in [1.82, 2.24) is 0 Å². The fourth-order valence-electron chi connectivity index (χ4n) is 2.47. The number of fused-ring (bicyclic) bond motifs is 1. The molecule has 2 aromatic carbocycles. The number of hydrogen-bond acceptors (Lipinski definition) is 2. The largest absolute Gasteiger partial charge is 0.487 e. The van der Waals surface area contributed by atoms with E-state index in [1.54, 1.807) is 6.07 Å². The molecule has 0 aromatic heterocycles. The molecule has 0 radical (unpaired) electrons. The van der Waals surface area contributed by atoms with E-state index in [1.807, 2.05) is 18.2 Å². The molecule has 0 fully saturated rings.